The van der Waals surface area contributed by atoms with Gasteiger partial charge in [-0.2, -0.15) is 0 Å². The van der Waals surface area contributed by atoms with Crippen LogP contribution in [0.1, 0.15) is 17.5 Å². The Morgan fingerprint density at radius 2 is 1.91 bits per heavy atom. The zero-order valence-electron chi connectivity index (χ0n) is 19.0. The van der Waals surface area contributed by atoms with Crippen LogP contribution in [-0.2, 0) is 16.1 Å². The van der Waals surface area contributed by atoms with E-state index in [1.54, 1.807) is 25.3 Å². The van der Waals surface area contributed by atoms with E-state index in [0.29, 0.717) is 23.8 Å². The van der Waals surface area contributed by atoms with E-state index in [2.05, 4.69) is 4.98 Å². The Kier molecular flexibility index (Phi) is 8.50. The lowest BCUT2D eigenvalue weighted by atomic mass is 10.2. The third kappa shape index (κ3) is 6.06. The summed E-state index contributed by atoms with van der Waals surface area (Å²) in [6.07, 6.45) is 0.443. The van der Waals surface area contributed by atoms with Crippen LogP contribution in [0.15, 0.2) is 58.1 Å². The molecule has 9 nitrogen and oxygen atoms in total. The summed E-state index contributed by atoms with van der Waals surface area (Å²) in [5, 5.41) is 0.553. The minimum absolute atomic E-state index is 0.104. The van der Waals surface area contributed by atoms with Gasteiger partial charge in [-0.3, -0.25) is 19.1 Å². The number of H-pyrrole nitrogens is 1. The fourth-order valence-electron chi connectivity index (χ4n) is 3.48. The normalized spacial score (nSPS) is 10.8. The molecule has 0 radical (unpaired) electrons. The Balaban J connectivity index is 1.94. The number of aryl methyl sites for hydroxylation is 1. The molecule has 0 spiro atoms. The summed E-state index contributed by atoms with van der Waals surface area (Å²) in [5.74, 6) is -0.107. The summed E-state index contributed by atoms with van der Waals surface area (Å²) >= 11 is 5.98. The number of benzene rings is 2. The number of rotatable bonds is 10. The van der Waals surface area contributed by atoms with Gasteiger partial charge in [0.15, 0.2) is 12.3 Å². The monoisotopic (exact) mass is 486 g/mol. The van der Waals surface area contributed by atoms with E-state index in [1.807, 2.05) is 37.3 Å². The Hall–Kier alpha value is -3.56. The number of hydrogen-bond donors (Lipinski definition) is 2. The molecular weight excluding hydrogens is 460 g/mol. The van der Waals surface area contributed by atoms with Gasteiger partial charge < -0.3 is 20.1 Å². The second kappa shape index (κ2) is 11.5. The van der Waals surface area contributed by atoms with Gasteiger partial charge in [-0.05, 0) is 42.7 Å². The zero-order valence-corrected chi connectivity index (χ0v) is 19.8. The number of nitrogens with zero attached hydrogens (tertiary/aromatic N) is 2. The van der Waals surface area contributed by atoms with Gasteiger partial charge in [0, 0.05) is 25.3 Å². The van der Waals surface area contributed by atoms with Crippen LogP contribution in [0.5, 0.6) is 5.75 Å². The lowest BCUT2D eigenvalue weighted by Crippen LogP contribution is -2.43. The predicted octanol–water partition coefficient (Wildman–Crippen LogP) is 2.58. The highest BCUT2D eigenvalue weighted by atomic mass is 35.5. The minimum atomic E-state index is -0.750. The van der Waals surface area contributed by atoms with E-state index in [-0.39, 0.29) is 31.2 Å². The summed E-state index contributed by atoms with van der Waals surface area (Å²) in [7, 11) is 1.54. The molecule has 0 aliphatic rings. The van der Waals surface area contributed by atoms with Crippen molar-refractivity contribution in [3.05, 3.63) is 85.5 Å². The first kappa shape index (κ1) is 25.1. The van der Waals surface area contributed by atoms with Crippen LogP contribution in [0, 0.1) is 6.92 Å². The van der Waals surface area contributed by atoms with Gasteiger partial charge in [0.05, 0.1) is 6.54 Å². The van der Waals surface area contributed by atoms with E-state index < -0.39 is 17.2 Å². The Morgan fingerprint density at radius 3 is 2.59 bits per heavy atom. The summed E-state index contributed by atoms with van der Waals surface area (Å²) in [5.41, 5.74) is 6.35. The fraction of sp³-hybridized carbons (Fsp3) is 0.292. The molecule has 1 heterocycles. The van der Waals surface area contributed by atoms with Crippen molar-refractivity contribution in [1.29, 1.82) is 0 Å². The largest absolute Gasteiger partial charge is 0.483 e. The number of ether oxygens (including phenoxy) is 2. The van der Waals surface area contributed by atoms with Crippen LogP contribution in [0.25, 0.3) is 0 Å². The first-order valence-corrected chi connectivity index (χ1v) is 11.0. The lowest BCUT2D eigenvalue weighted by molar-refractivity contribution is -0.120. The van der Waals surface area contributed by atoms with Gasteiger partial charge in [-0.15, -0.1) is 0 Å². The molecular formula is C24H27ClN4O5. The molecule has 0 unspecified atom stereocenters. The Bertz CT molecular complexity index is 1260. The molecule has 0 aliphatic heterocycles. The number of nitrogen functional groups attached to an aromatic ring is 1. The van der Waals surface area contributed by atoms with Crippen molar-refractivity contribution in [2.75, 3.05) is 37.5 Å². The average Bonchev–Trinajstić information content (AvgIpc) is 2.80. The number of carbonyl (C=O) groups excluding carboxylic acids is 1. The molecule has 34 heavy (non-hydrogen) atoms. The molecule has 1 aromatic heterocycles. The highest BCUT2D eigenvalue weighted by Gasteiger charge is 2.24. The van der Waals surface area contributed by atoms with Gasteiger partial charge in [0.2, 0.25) is 0 Å². The maximum absolute atomic E-state index is 13.2. The van der Waals surface area contributed by atoms with Crippen molar-refractivity contribution < 1.29 is 14.3 Å². The van der Waals surface area contributed by atoms with Crippen LogP contribution in [0.4, 0.5) is 11.5 Å². The smallest absolute Gasteiger partial charge is 0.330 e. The van der Waals surface area contributed by atoms with Gasteiger partial charge in [-0.25, -0.2) is 4.79 Å². The van der Waals surface area contributed by atoms with Crippen molar-refractivity contribution in [3.8, 4) is 5.75 Å². The number of amides is 1. The number of nitrogens with one attached hydrogen (secondary N) is 1. The van der Waals surface area contributed by atoms with E-state index >= 15 is 0 Å². The van der Waals surface area contributed by atoms with Gasteiger partial charge >= 0.3 is 5.69 Å². The molecule has 0 saturated carbocycles. The summed E-state index contributed by atoms with van der Waals surface area (Å²) < 4.78 is 12.0. The molecule has 3 N–H and O–H groups in total. The van der Waals surface area contributed by atoms with Crippen molar-refractivity contribution in [3.63, 3.8) is 0 Å². The van der Waals surface area contributed by atoms with Crippen LogP contribution in [0.3, 0.4) is 0 Å². The third-order valence-electron chi connectivity index (χ3n) is 5.19. The van der Waals surface area contributed by atoms with Crippen molar-refractivity contribution in [1.82, 2.24) is 9.55 Å². The zero-order chi connectivity index (χ0) is 24.7. The third-order valence-corrected chi connectivity index (χ3v) is 5.42. The predicted molar refractivity (Wildman–Crippen MR) is 132 cm³/mol. The molecule has 0 aliphatic carbocycles. The minimum Gasteiger partial charge on any atom is -0.483 e. The number of hydrogen-bond acceptors (Lipinski definition) is 6. The maximum atomic E-state index is 13.2. The molecule has 3 rings (SSSR count). The fourth-order valence-corrected chi connectivity index (χ4v) is 3.71. The van der Waals surface area contributed by atoms with Gasteiger partial charge in [0.1, 0.15) is 11.6 Å². The first-order valence-electron chi connectivity index (χ1n) is 10.7. The highest BCUT2D eigenvalue weighted by Crippen LogP contribution is 2.23. The lowest BCUT2D eigenvalue weighted by Gasteiger charge is -2.24. The second-order valence-corrected chi connectivity index (χ2v) is 8.09. The van der Waals surface area contributed by atoms with E-state index in [4.69, 9.17) is 26.8 Å². The Labute approximate surface area is 201 Å². The van der Waals surface area contributed by atoms with Crippen molar-refractivity contribution >= 4 is 29.0 Å². The molecule has 180 valence electrons. The molecule has 2 aromatic carbocycles. The van der Waals surface area contributed by atoms with Gasteiger partial charge in [0.25, 0.3) is 11.5 Å². The summed E-state index contributed by atoms with van der Waals surface area (Å²) in [4.78, 5) is 42.0. The Morgan fingerprint density at radius 1 is 1.18 bits per heavy atom. The van der Waals surface area contributed by atoms with E-state index in [9.17, 15) is 14.4 Å². The standard InChI is InChI=1S/C24H27ClN4O5/c1-16-13-18(25)9-10-19(16)34-15-20(30)28(11-6-12-33-2)21-22(26)29(24(32)27-23(21)31)14-17-7-4-3-5-8-17/h3-5,7-10,13H,6,11-12,14-15,26H2,1-2H3,(H,27,31,32). The van der Waals surface area contributed by atoms with Crippen LogP contribution < -0.4 is 26.6 Å². The molecule has 0 fully saturated rings. The second-order valence-electron chi connectivity index (χ2n) is 7.66. The molecule has 0 atom stereocenters. The molecule has 0 saturated heterocycles. The number of anilines is 2. The van der Waals surface area contributed by atoms with Crippen molar-refractivity contribution in [2.24, 2.45) is 0 Å². The van der Waals surface area contributed by atoms with E-state index in [0.717, 1.165) is 11.1 Å². The SMILES string of the molecule is COCCCN(C(=O)COc1ccc(Cl)cc1C)c1c(N)n(Cc2ccccc2)c(=O)[nH]c1=O. The molecule has 0 bridgehead atoms. The first-order chi connectivity index (χ1) is 16.3. The topological polar surface area (TPSA) is 120 Å². The van der Waals surface area contributed by atoms with Crippen LogP contribution in [-0.4, -0.2) is 42.3 Å². The maximum Gasteiger partial charge on any atom is 0.330 e. The number of carbonyl (C=O) groups is 1. The van der Waals surface area contributed by atoms with Crippen LogP contribution >= 0.6 is 11.6 Å². The highest BCUT2D eigenvalue weighted by molar-refractivity contribution is 6.30. The quantitative estimate of drug-likeness (QED) is 0.425. The van der Waals surface area contributed by atoms with E-state index in [1.165, 1.54) is 9.47 Å². The summed E-state index contributed by atoms with van der Waals surface area (Å²) in [6.45, 7) is 2.11. The van der Waals surface area contributed by atoms with Crippen LogP contribution in [0.2, 0.25) is 5.02 Å². The summed E-state index contributed by atoms with van der Waals surface area (Å²) in [6, 6.07) is 14.2. The van der Waals surface area contributed by atoms with Crippen molar-refractivity contribution in [2.45, 2.75) is 19.9 Å². The number of nitrogens with two attached hydrogens (primary N) is 1. The average molecular weight is 487 g/mol. The number of aromatic amines is 1. The number of methoxy groups -OCH3 is 1. The number of aromatic nitrogens is 2. The number of halogens is 1. The molecule has 1 amide bonds. The van der Waals surface area contributed by atoms with Gasteiger partial charge in [-0.1, -0.05) is 41.9 Å². The molecule has 3 aromatic rings. The molecule has 10 heteroatoms.